The summed E-state index contributed by atoms with van der Waals surface area (Å²) in [6, 6.07) is 27.1. The van der Waals surface area contributed by atoms with Crippen molar-refractivity contribution in [2.24, 2.45) is 5.92 Å². The first-order valence-electron chi connectivity index (χ1n) is 20.5. The summed E-state index contributed by atoms with van der Waals surface area (Å²) in [5.41, 5.74) is 4.24. The van der Waals surface area contributed by atoms with Crippen molar-refractivity contribution >= 4 is 21.7 Å². The summed E-state index contributed by atoms with van der Waals surface area (Å²) >= 11 is 0. The van der Waals surface area contributed by atoms with Gasteiger partial charge >= 0.3 is 10.1 Å². The van der Waals surface area contributed by atoms with Gasteiger partial charge in [0.15, 0.2) is 6.29 Å². The van der Waals surface area contributed by atoms with Crippen molar-refractivity contribution in [3.8, 4) is 16.9 Å². The molecule has 13 atom stereocenters. The predicted molar refractivity (Wildman–Crippen MR) is 222 cm³/mol. The van der Waals surface area contributed by atoms with Gasteiger partial charge < -0.3 is 59.0 Å². The molecule has 15 nitrogen and oxygen atoms in total. The SMILES string of the molecule is Cc1ccc(-c2ccc([C@@H]3[C@@H](CC[C@H](C)c4ccc(F)cc4)C(=O)N3c3ccccc3)c(OS(=O)(=O)C[C@@H]3OC(CO)[C@H](O[C@@H]4OC(CO)[C@H](O)[C@H](O)C4O)[C@H](O)C3O)c2)cc1. The van der Waals surface area contributed by atoms with Crippen LogP contribution in [0.15, 0.2) is 97.1 Å². The van der Waals surface area contributed by atoms with Gasteiger partial charge in [0.05, 0.1) is 25.2 Å². The van der Waals surface area contributed by atoms with Crippen LogP contribution in [-0.2, 0) is 29.1 Å². The van der Waals surface area contributed by atoms with Gasteiger partial charge in [-0.3, -0.25) is 4.79 Å². The zero-order valence-corrected chi connectivity index (χ0v) is 34.8. The number of nitrogens with zero attached hydrogens (tertiary/aromatic N) is 1. The van der Waals surface area contributed by atoms with Crippen LogP contribution in [0.1, 0.15) is 48.4 Å². The molecule has 3 aliphatic heterocycles. The average Bonchev–Trinajstić information content (AvgIpc) is 3.26. The maximum Gasteiger partial charge on any atom is 0.311 e. The van der Waals surface area contributed by atoms with E-state index in [4.69, 9.17) is 18.4 Å². The molecule has 1 amide bonds. The molecule has 7 rings (SSSR count). The van der Waals surface area contributed by atoms with E-state index in [0.717, 1.165) is 16.7 Å². The number of halogens is 1. The number of rotatable bonds is 15. The Labute approximate surface area is 358 Å². The minimum atomic E-state index is -4.73. The van der Waals surface area contributed by atoms with E-state index >= 15 is 0 Å². The second-order valence-corrected chi connectivity index (χ2v) is 17.8. The number of carbonyl (C=O) groups excluding carboxylic acids is 1. The number of hydrogen-bond donors (Lipinski definition) is 7. The number of aliphatic hydroxyl groups excluding tert-OH is 7. The molecule has 3 heterocycles. The maximum absolute atomic E-state index is 14.1. The van der Waals surface area contributed by atoms with Crippen LogP contribution in [0.4, 0.5) is 10.1 Å². The predicted octanol–water partition coefficient (Wildman–Crippen LogP) is 2.46. The zero-order valence-electron chi connectivity index (χ0n) is 34.0. The molecule has 0 aromatic heterocycles. The van der Waals surface area contributed by atoms with Crippen molar-refractivity contribution in [2.75, 3.05) is 23.9 Å². The largest absolute Gasteiger partial charge is 0.394 e. The summed E-state index contributed by atoms with van der Waals surface area (Å²) in [5, 5.41) is 73.1. The van der Waals surface area contributed by atoms with E-state index in [0.29, 0.717) is 29.7 Å². The van der Waals surface area contributed by atoms with Gasteiger partial charge in [0, 0.05) is 11.3 Å². The van der Waals surface area contributed by atoms with Crippen molar-refractivity contribution in [1.82, 2.24) is 0 Å². The van der Waals surface area contributed by atoms with Crippen molar-refractivity contribution < 1.29 is 71.7 Å². The minimum Gasteiger partial charge on any atom is -0.394 e. The van der Waals surface area contributed by atoms with Gasteiger partial charge in [-0.15, -0.1) is 0 Å². The number of aryl methyl sites for hydroxylation is 1. The third-order valence-corrected chi connectivity index (χ3v) is 13.2. The Bertz CT molecular complexity index is 2250. The number of para-hydroxylation sites is 1. The lowest BCUT2D eigenvalue weighted by Crippen LogP contribution is -2.65. The standard InChI is InChI=1S/C45H52FNO14S/c1-24-8-11-27(12-9-24)28-15-19-31(37-32(44(55)47(37)30-6-4-3-5-7-30)18-10-25(2)26-13-16-29(46)17-14-26)33(20-28)61-62(56,57)23-36-39(51)41(53)43(35(22-49)58-36)60-45-42(54)40(52)38(50)34(21-48)59-45/h3-9,11-17,19-20,25,32,34-43,45,48-54H,10,18,21-23H2,1-2H3/t25-,32+,34?,35?,36-,37+,38-,39?,40-,41+,42?,43-,45-/m0/s1. The number of aliphatic hydroxyl groups is 7. The fraction of sp³-hybridized carbons (Fsp3) is 0.444. The number of benzene rings is 4. The topological polar surface area (TPSA) is 233 Å². The molecular formula is C45H52FNO14S. The fourth-order valence-electron chi connectivity index (χ4n) is 8.40. The monoisotopic (exact) mass is 881 g/mol. The lowest BCUT2D eigenvalue weighted by molar-refractivity contribution is -0.341. The molecule has 62 heavy (non-hydrogen) atoms. The van der Waals surface area contributed by atoms with Gasteiger partial charge in [0.2, 0.25) is 5.91 Å². The molecule has 334 valence electrons. The van der Waals surface area contributed by atoms with E-state index in [1.54, 1.807) is 53.4 Å². The lowest BCUT2D eigenvalue weighted by atomic mass is 9.76. The molecule has 4 aromatic carbocycles. The minimum absolute atomic E-state index is 0.0305. The Hall–Kier alpha value is -4.37. The van der Waals surface area contributed by atoms with E-state index < -0.39 is 102 Å². The quantitative estimate of drug-likeness (QED) is 0.0672. The summed E-state index contributed by atoms with van der Waals surface area (Å²) in [4.78, 5) is 15.6. The van der Waals surface area contributed by atoms with Crippen LogP contribution in [0, 0.1) is 18.7 Å². The molecule has 17 heteroatoms. The number of anilines is 1. The molecule has 4 unspecified atom stereocenters. The van der Waals surface area contributed by atoms with Gasteiger partial charge in [0.25, 0.3) is 0 Å². The van der Waals surface area contributed by atoms with E-state index in [9.17, 15) is 53.3 Å². The van der Waals surface area contributed by atoms with E-state index in [1.165, 1.54) is 12.1 Å². The summed E-state index contributed by atoms with van der Waals surface area (Å²) < 4.78 is 64.7. The Balaban J connectivity index is 1.17. The van der Waals surface area contributed by atoms with Crippen LogP contribution in [-0.4, -0.2) is 130 Å². The molecule has 3 saturated heterocycles. The van der Waals surface area contributed by atoms with Crippen LogP contribution >= 0.6 is 0 Å². The van der Waals surface area contributed by atoms with Crippen LogP contribution in [0.3, 0.4) is 0 Å². The Morgan fingerprint density at radius 1 is 0.758 bits per heavy atom. The van der Waals surface area contributed by atoms with Gasteiger partial charge in [0.1, 0.15) is 72.3 Å². The van der Waals surface area contributed by atoms with Crippen molar-refractivity contribution in [3.05, 3.63) is 120 Å². The first kappa shape index (κ1) is 45.6. The number of hydrogen-bond acceptors (Lipinski definition) is 14. The molecule has 0 saturated carbocycles. The van der Waals surface area contributed by atoms with Crippen molar-refractivity contribution in [2.45, 2.75) is 99.9 Å². The van der Waals surface area contributed by atoms with Gasteiger partial charge in [-0.2, -0.15) is 8.42 Å². The first-order chi connectivity index (χ1) is 29.6. The second kappa shape index (κ2) is 19.2. The summed E-state index contributed by atoms with van der Waals surface area (Å²) in [6.07, 6.45) is -16.3. The number of amides is 1. The third kappa shape index (κ3) is 9.58. The number of ether oxygens (including phenoxy) is 3. The zero-order chi connectivity index (χ0) is 44.5. The van der Waals surface area contributed by atoms with E-state index in [-0.39, 0.29) is 23.4 Å². The molecule has 0 aliphatic carbocycles. The molecule has 0 bridgehead atoms. The van der Waals surface area contributed by atoms with Gasteiger partial charge in [-0.1, -0.05) is 79.2 Å². The normalized spacial score (nSPS) is 30.7. The number of β-lactam (4-membered cyclic amide) rings is 1. The van der Waals surface area contributed by atoms with Crippen LogP contribution < -0.4 is 9.08 Å². The molecule has 4 aromatic rings. The molecule has 3 aliphatic rings. The third-order valence-electron chi connectivity index (χ3n) is 12.0. The molecule has 0 spiro atoms. The first-order valence-corrected chi connectivity index (χ1v) is 22.0. The fourth-order valence-corrected chi connectivity index (χ4v) is 9.57. The Morgan fingerprint density at radius 3 is 2.06 bits per heavy atom. The highest BCUT2D eigenvalue weighted by Gasteiger charge is 2.52. The molecular weight excluding hydrogens is 830 g/mol. The highest BCUT2D eigenvalue weighted by Crippen LogP contribution is 2.50. The maximum atomic E-state index is 14.1. The summed E-state index contributed by atoms with van der Waals surface area (Å²) in [5.74, 6) is -2.27. The van der Waals surface area contributed by atoms with E-state index in [1.807, 2.05) is 50.2 Å². The highest BCUT2D eigenvalue weighted by molar-refractivity contribution is 7.87. The smallest absolute Gasteiger partial charge is 0.311 e. The molecule has 0 radical (unpaired) electrons. The van der Waals surface area contributed by atoms with Gasteiger partial charge in [-0.25, -0.2) is 4.39 Å². The Morgan fingerprint density at radius 2 is 1.40 bits per heavy atom. The van der Waals surface area contributed by atoms with Crippen LogP contribution in [0.25, 0.3) is 11.1 Å². The number of carbonyl (C=O) groups is 1. The summed E-state index contributed by atoms with van der Waals surface area (Å²) in [7, 11) is -4.73. The summed E-state index contributed by atoms with van der Waals surface area (Å²) in [6.45, 7) is 2.29. The Kier molecular flexibility index (Phi) is 14.1. The van der Waals surface area contributed by atoms with Gasteiger partial charge in [-0.05, 0) is 72.7 Å². The van der Waals surface area contributed by atoms with Crippen molar-refractivity contribution in [3.63, 3.8) is 0 Å². The molecule has 3 fully saturated rings. The average molecular weight is 882 g/mol. The molecule has 7 N–H and O–H groups in total. The second-order valence-electron chi connectivity index (χ2n) is 16.2. The lowest BCUT2D eigenvalue weighted by Gasteiger charge is -2.48. The van der Waals surface area contributed by atoms with Crippen LogP contribution in [0.5, 0.6) is 5.75 Å². The highest BCUT2D eigenvalue weighted by atomic mass is 32.2. The van der Waals surface area contributed by atoms with Crippen LogP contribution in [0.2, 0.25) is 0 Å². The van der Waals surface area contributed by atoms with Crippen molar-refractivity contribution in [1.29, 1.82) is 0 Å². The van der Waals surface area contributed by atoms with E-state index in [2.05, 4.69) is 0 Å².